The molecule has 3 heterocycles. The van der Waals surface area contributed by atoms with Crippen LogP contribution >= 0.6 is 22.7 Å². The molecule has 1 aliphatic heterocycles. The van der Waals surface area contributed by atoms with E-state index in [1.54, 1.807) is 29.5 Å². The number of hydrogen-bond donors (Lipinski definition) is 0. The van der Waals surface area contributed by atoms with Crippen molar-refractivity contribution in [3.8, 4) is 11.3 Å². The Bertz CT molecular complexity index is 942. The molecular weight excluding hydrogens is 378 g/mol. The van der Waals surface area contributed by atoms with Gasteiger partial charge >= 0.3 is 0 Å². The molecule has 1 fully saturated rings. The number of nitrogens with zero attached hydrogens (tertiary/aromatic N) is 3. The maximum absolute atomic E-state index is 11.3. The van der Waals surface area contributed by atoms with Crippen LogP contribution in [0.15, 0.2) is 41.8 Å². The fraction of sp³-hybridized carbons (Fsp3) is 0.350. The summed E-state index contributed by atoms with van der Waals surface area (Å²) in [4.78, 5) is 21.0. The first-order chi connectivity index (χ1) is 13.1. The van der Waals surface area contributed by atoms with Crippen molar-refractivity contribution >= 4 is 28.4 Å². The number of aromatic nitrogens is 1. The second-order valence-corrected chi connectivity index (χ2v) is 9.17. The van der Waals surface area contributed by atoms with Crippen LogP contribution in [0.5, 0.6) is 0 Å². The summed E-state index contributed by atoms with van der Waals surface area (Å²) in [5.41, 5.74) is 1.45. The van der Waals surface area contributed by atoms with Gasteiger partial charge in [-0.15, -0.1) is 22.7 Å². The molecule has 0 N–H and O–H groups in total. The summed E-state index contributed by atoms with van der Waals surface area (Å²) < 4.78 is 0. The van der Waals surface area contributed by atoms with Gasteiger partial charge in [-0.05, 0) is 51.1 Å². The predicted molar refractivity (Wildman–Crippen MR) is 111 cm³/mol. The Morgan fingerprint density at radius 1 is 1.22 bits per heavy atom. The van der Waals surface area contributed by atoms with E-state index in [1.807, 2.05) is 22.8 Å². The smallest absolute Gasteiger partial charge is 0.278 e. The van der Waals surface area contributed by atoms with Crippen LogP contribution < -0.4 is 0 Å². The van der Waals surface area contributed by atoms with Gasteiger partial charge in [-0.2, -0.15) is 0 Å². The molecule has 0 aliphatic carbocycles. The van der Waals surface area contributed by atoms with E-state index >= 15 is 0 Å². The van der Waals surface area contributed by atoms with Gasteiger partial charge in [0.15, 0.2) is 0 Å². The second-order valence-electron chi connectivity index (χ2n) is 6.91. The van der Waals surface area contributed by atoms with Crippen LogP contribution in [-0.4, -0.2) is 27.9 Å². The average Bonchev–Trinajstić information content (AvgIpc) is 3.32. The van der Waals surface area contributed by atoms with Gasteiger partial charge in [0.05, 0.1) is 21.2 Å². The molecule has 27 heavy (non-hydrogen) atoms. The molecule has 0 atom stereocenters. The molecule has 0 unspecified atom stereocenters. The summed E-state index contributed by atoms with van der Waals surface area (Å²) in [7, 11) is 0. The van der Waals surface area contributed by atoms with Crippen molar-refractivity contribution in [2.45, 2.75) is 32.2 Å². The molecule has 1 saturated heterocycles. The van der Waals surface area contributed by atoms with Crippen LogP contribution in [0.3, 0.4) is 0 Å². The van der Waals surface area contributed by atoms with Crippen molar-refractivity contribution in [1.29, 1.82) is 0 Å². The second kappa shape index (κ2) is 7.88. The maximum Gasteiger partial charge on any atom is 0.278 e. The number of nitro benzene ring substituents is 1. The normalized spacial score (nSPS) is 15.9. The lowest BCUT2D eigenvalue weighted by Gasteiger charge is -2.30. The largest absolute Gasteiger partial charge is 0.298 e. The SMILES string of the molecule is Cc1ccc(CN2CCC(c3nc(-c4ccccc4[N+](=O)[O-])cs3)CC2)s1. The molecule has 1 aromatic carbocycles. The highest BCUT2D eigenvalue weighted by Crippen LogP contribution is 2.36. The molecule has 0 spiro atoms. The van der Waals surface area contributed by atoms with E-state index < -0.39 is 0 Å². The lowest BCUT2D eigenvalue weighted by Crippen LogP contribution is -2.32. The number of piperidine rings is 1. The highest BCUT2D eigenvalue weighted by atomic mass is 32.1. The van der Waals surface area contributed by atoms with Gasteiger partial charge in [0.25, 0.3) is 5.69 Å². The van der Waals surface area contributed by atoms with Gasteiger partial charge in [-0.3, -0.25) is 15.0 Å². The Morgan fingerprint density at radius 2 is 2.00 bits per heavy atom. The van der Waals surface area contributed by atoms with Gasteiger partial charge in [0, 0.05) is 33.7 Å². The number of likely N-dealkylation sites (tertiary alicyclic amines) is 1. The molecule has 2 aromatic heterocycles. The molecule has 0 radical (unpaired) electrons. The van der Waals surface area contributed by atoms with Crippen LogP contribution in [-0.2, 0) is 6.54 Å². The van der Waals surface area contributed by atoms with E-state index in [0.717, 1.165) is 43.2 Å². The fourth-order valence-corrected chi connectivity index (χ4v) is 5.50. The summed E-state index contributed by atoms with van der Waals surface area (Å²) in [5, 5.41) is 14.3. The number of nitro groups is 1. The van der Waals surface area contributed by atoms with E-state index in [1.165, 1.54) is 9.75 Å². The van der Waals surface area contributed by atoms with E-state index in [0.29, 0.717) is 11.5 Å². The van der Waals surface area contributed by atoms with Crippen LogP contribution in [0.25, 0.3) is 11.3 Å². The molecule has 7 heteroatoms. The van der Waals surface area contributed by atoms with Crippen LogP contribution in [0.2, 0.25) is 0 Å². The first kappa shape index (κ1) is 18.3. The van der Waals surface area contributed by atoms with Gasteiger partial charge in [-0.25, -0.2) is 4.98 Å². The zero-order valence-corrected chi connectivity index (χ0v) is 16.8. The third-order valence-electron chi connectivity index (χ3n) is 5.01. The minimum atomic E-state index is -0.334. The zero-order valence-electron chi connectivity index (χ0n) is 15.1. The quantitative estimate of drug-likeness (QED) is 0.422. The summed E-state index contributed by atoms with van der Waals surface area (Å²) >= 11 is 3.51. The Morgan fingerprint density at radius 3 is 2.70 bits per heavy atom. The maximum atomic E-state index is 11.3. The van der Waals surface area contributed by atoms with E-state index in [2.05, 4.69) is 24.0 Å². The molecule has 0 amide bonds. The number of hydrogen-bond acceptors (Lipinski definition) is 6. The minimum Gasteiger partial charge on any atom is -0.298 e. The van der Waals surface area contributed by atoms with E-state index in [4.69, 9.17) is 4.98 Å². The molecule has 1 aliphatic rings. The van der Waals surface area contributed by atoms with Crippen molar-refractivity contribution in [2.75, 3.05) is 13.1 Å². The number of rotatable bonds is 5. The third kappa shape index (κ3) is 4.10. The Balaban J connectivity index is 1.42. The molecule has 0 bridgehead atoms. The van der Waals surface area contributed by atoms with Gasteiger partial charge < -0.3 is 0 Å². The van der Waals surface area contributed by atoms with E-state index in [9.17, 15) is 10.1 Å². The number of thiazole rings is 1. The molecule has 140 valence electrons. The highest BCUT2D eigenvalue weighted by molar-refractivity contribution is 7.11. The highest BCUT2D eigenvalue weighted by Gasteiger charge is 2.24. The fourth-order valence-electron chi connectivity index (χ4n) is 3.58. The molecular formula is C20H21N3O2S2. The topological polar surface area (TPSA) is 59.3 Å². The summed E-state index contributed by atoms with van der Waals surface area (Å²) in [6.45, 7) is 5.33. The summed E-state index contributed by atoms with van der Waals surface area (Å²) in [5.74, 6) is 0.452. The van der Waals surface area contributed by atoms with Crippen molar-refractivity contribution in [3.05, 3.63) is 66.7 Å². The van der Waals surface area contributed by atoms with Gasteiger partial charge in [-0.1, -0.05) is 12.1 Å². The zero-order chi connectivity index (χ0) is 18.8. The Kier molecular flexibility index (Phi) is 5.33. The van der Waals surface area contributed by atoms with Crippen molar-refractivity contribution in [2.24, 2.45) is 0 Å². The Hall–Kier alpha value is -2.09. The number of benzene rings is 1. The van der Waals surface area contributed by atoms with Crippen LogP contribution in [0, 0.1) is 17.0 Å². The average molecular weight is 400 g/mol. The molecule has 3 aromatic rings. The van der Waals surface area contributed by atoms with Crippen LogP contribution in [0.4, 0.5) is 5.69 Å². The molecule has 5 nitrogen and oxygen atoms in total. The van der Waals surface area contributed by atoms with Crippen molar-refractivity contribution < 1.29 is 4.92 Å². The predicted octanol–water partition coefficient (Wildman–Crippen LogP) is 5.47. The van der Waals surface area contributed by atoms with Crippen molar-refractivity contribution in [1.82, 2.24) is 9.88 Å². The van der Waals surface area contributed by atoms with Gasteiger partial charge in [0.1, 0.15) is 0 Å². The lowest BCUT2D eigenvalue weighted by atomic mass is 9.97. The first-order valence-corrected chi connectivity index (χ1v) is 10.8. The summed E-state index contributed by atoms with van der Waals surface area (Å²) in [6, 6.07) is 11.3. The third-order valence-corrected chi connectivity index (χ3v) is 7.00. The van der Waals surface area contributed by atoms with Gasteiger partial charge in [0.2, 0.25) is 0 Å². The monoisotopic (exact) mass is 399 g/mol. The number of thiophene rings is 1. The minimum absolute atomic E-state index is 0.121. The summed E-state index contributed by atoms with van der Waals surface area (Å²) in [6.07, 6.45) is 2.18. The van der Waals surface area contributed by atoms with Crippen LogP contribution in [0.1, 0.15) is 33.5 Å². The lowest BCUT2D eigenvalue weighted by molar-refractivity contribution is -0.384. The van der Waals surface area contributed by atoms with Crippen molar-refractivity contribution in [3.63, 3.8) is 0 Å². The number of aryl methyl sites for hydroxylation is 1. The molecule has 0 saturated carbocycles. The standard InChI is InChI=1S/C20H21N3O2S2/c1-14-6-7-16(27-14)12-22-10-8-15(9-11-22)20-21-18(13-26-20)17-4-2-3-5-19(17)23(24)25/h2-7,13,15H,8-12H2,1H3. The Labute approximate surface area is 166 Å². The van der Waals surface area contributed by atoms with E-state index in [-0.39, 0.29) is 10.6 Å². The molecule has 4 rings (SSSR count). The first-order valence-electron chi connectivity index (χ1n) is 9.07. The number of para-hydroxylation sites is 1.